The van der Waals surface area contributed by atoms with Gasteiger partial charge in [0.2, 0.25) is 11.7 Å². The molecule has 0 bridgehead atoms. The van der Waals surface area contributed by atoms with Gasteiger partial charge in [-0.3, -0.25) is 4.79 Å². The van der Waals surface area contributed by atoms with Gasteiger partial charge in [0.25, 0.3) is 5.91 Å². The first-order valence-electron chi connectivity index (χ1n) is 10.4. The number of carbonyl (C=O) groups excluding carboxylic acids is 1. The van der Waals surface area contributed by atoms with E-state index in [9.17, 15) is 4.79 Å². The van der Waals surface area contributed by atoms with Gasteiger partial charge in [-0.15, -0.1) is 0 Å². The van der Waals surface area contributed by atoms with Crippen LogP contribution in [0.5, 0.6) is 17.2 Å². The molecule has 0 saturated heterocycles. The molecule has 2 aromatic carbocycles. The highest BCUT2D eigenvalue weighted by Crippen LogP contribution is 2.31. The predicted octanol–water partition coefficient (Wildman–Crippen LogP) is 4.27. The van der Waals surface area contributed by atoms with Crippen LogP contribution in [0, 0.1) is 6.92 Å². The maximum absolute atomic E-state index is 13.1. The Kier molecular flexibility index (Phi) is 7.35. The van der Waals surface area contributed by atoms with Crippen LogP contribution in [0.25, 0.3) is 11.4 Å². The molecule has 0 aliphatic rings. The molecular formula is C24H29N3O5. The molecule has 0 unspecified atom stereocenters. The summed E-state index contributed by atoms with van der Waals surface area (Å²) in [5.74, 6) is 2.41. The maximum Gasteiger partial charge on any atom is 0.264 e. The van der Waals surface area contributed by atoms with Crippen molar-refractivity contribution in [3.05, 3.63) is 53.9 Å². The number of methoxy groups -OCH3 is 2. The zero-order chi connectivity index (χ0) is 23.3. The van der Waals surface area contributed by atoms with Crippen molar-refractivity contribution in [1.29, 1.82) is 0 Å². The Hall–Kier alpha value is -3.55. The van der Waals surface area contributed by atoms with E-state index in [0.29, 0.717) is 29.0 Å². The van der Waals surface area contributed by atoms with Gasteiger partial charge in [0.05, 0.1) is 14.2 Å². The van der Waals surface area contributed by atoms with Crippen LogP contribution in [-0.2, 0) is 11.3 Å². The third kappa shape index (κ3) is 5.38. The lowest BCUT2D eigenvalue weighted by molar-refractivity contribution is -0.140. The summed E-state index contributed by atoms with van der Waals surface area (Å²) < 4.78 is 21.9. The third-order valence-corrected chi connectivity index (χ3v) is 4.97. The Bertz CT molecular complexity index is 1060. The highest BCUT2D eigenvalue weighted by Gasteiger charge is 2.26. The Morgan fingerprint density at radius 2 is 1.81 bits per heavy atom. The van der Waals surface area contributed by atoms with Gasteiger partial charge < -0.3 is 23.6 Å². The molecule has 0 aliphatic carbocycles. The first-order valence-corrected chi connectivity index (χ1v) is 10.4. The fourth-order valence-electron chi connectivity index (χ4n) is 3.25. The molecule has 32 heavy (non-hydrogen) atoms. The lowest BCUT2D eigenvalue weighted by Crippen LogP contribution is -2.43. The van der Waals surface area contributed by atoms with Gasteiger partial charge in [0, 0.05) is 11.6 Å². The molecule has 8 nitrogen and oxygen atoms in total. The second-order valence-corrected chi connectivity index (χ2v) is 7.72. The number of nitrogens with zero attached hydrogens (tertiary/aromatic N) is 3. The number of carbonyl (C=O) groups is 1. The normalized spacial score (nSPS) is 11.8. The molecule has 170 valence electrons. The van der Waals surface area contributed by atoms with E-state index in [0.717, 1.165) is 11.1 Å². The molecule has 1 heterocycles. The Morgan fingerprint density at radius 3 is 2.47 bits per heavy atom. The van der Waals surface area contributed by atoms with E-state index >= 15 is 0 Å². The molecule has 0 fully saturated rings. The fraction of sp³-hybridized carbons (Fsp3) is 0.375. The summed E-state index contributed by atoms with van der Waals surface area (Å²) in [5, 5.41) is 4.06. The van der Waals surface area contributed by atoms with Crippen molar-refractivity contribution in [2.75, 3.05) is 14.2 Å². The fourth-order valence-corrected chi connectivity index (χ4v) is 3.25. The van der Waals surface area contributed by atoms with Gasteiger partial charge in [-0.1, -0.05) is 17.3 Å². The summed E-state index contributed by atoms with van der Waals surface area (Å²) in [7, 11) is 3.14. The minimum absolute atomic E-state index is 0.0810. The van der Waals surface area contributed by atoms with Gasteiger partial charge in [0.15, 0.2) is 17.6 Å². The Morgan fingerprint density at radius 1 is 1.06 bits per heavy atom. The highest BCUT2D eigenvalue weighted by atomic mass is 16.5. The number of rotatable bonds is 9. The molecular weight excluding hydrogens is 410 g/mol. The van der Waals surface area contributed by atoms with Gasteiger partial charge in [-0.2, -0.15) is 4.98 Å². The van der Waals surface area contributed by atoms with Crippen molar-refractivity contribution in [3.63, 3.8) is 0 Å². The van der Waals surface area contributed by atoms with Gasteiger partial charge in [-0.25, -0.2) is 0 Å². The van der Waals surface area contributed by atoms with Crippen molar-refractivity contribution >= 4 is 5.91 Å². The quantitative estimate of drug-likeness (QED) is 0.492. The van der Waals surface area contributed by atoms with Crippen LogP contribution < -0.4 is 14.2 Å². The first-order chi connectivity index (χ1) is 15.3. The van der Waals surface area contributed by atoms with E-state index in [2.05, 4.69) is 10.1 Å². The topological polar surface area (TPSA) is 86.9 Å². The average molecular weight is 440 g/mol. The number of amides is 1. The smallest absolute Gasteiger partial charge is 0.264 e. The number of hydrogen-bond acceptors (Lipinski definition) is 7. The predicted molar refractivity (Wildman–Crippen MR) is 120 cm³/mol. The lowest BCUT2D eigenvalue weighted by atomic mass is 10.2. The van der Waals surface area contributed by atoms with E-state index < -0.39 is 6.10 Å². The second kappa shape index (κ2) is 10.2. The zero-order valence-corrected chi connectivity index (χ0v) is 19.3. The standard InChI is InChI=1S/C24H29N3O5/c1-15(2)27(24(28)17(4)31-19-9-7-8-16(3)12-19)14-22-25-23(26-32-22)18-10-11-20(29-5)21(13-18)30-6/h7-13,15,17H,14H2,1-6H3/t17-/m1/s1. The van der Waals surface area contributed by atoms with E-state index in [1.807, 2.05) is 51.1 Å². The van der Waals surface area contributed by atoms with Crippen LogP contribution in [0.2, 0.25) is 0 Å². The molecule has 0 radical (unpaired) electrons. The summed E-state index contributed by atoms with van der Waals surface area (Å²) in [6.45, 7) is 7.76. The molecule has 0 spiro atoms. The Balaban J connectivity index is 1.74. The summed E-state index contributed by atoms with van der Waals surface area (Å²) in [6, 6.07) is 12.9. The molecule has 1 aromatic heterocycles. The van der Waals surface area contributed by atoms with Crippen LogP contribution in [-0.4, -0.2) is 47.3 Å². The number of aromatic nitrogens is 2. The largest absolute Gasteiger partial charge is 0.493 e. The van der Waals surface area contributed by atoms with Crippen molar-refractivity contribution in [2.45, 2.75) is 46.4 Å². The number of aryl methyl sites for hydroxylation is 1. The molecule has 0 aliphatic heterocycles. The molecule has 3 aromatic rings. The Labute approximate surface area is 188 Å². The van der Waals surface area contributed by atoms with Crippen molar-refractivity contribution in [2.24, 2.45) is 0 Å². The highest BCUT2D eigenvalue weighted by molar-refractivity contribution is 5.81. The molecule has 8 heteroatoms. The minimum atomic E-state index is -0.660. The monoisotopic (exact) mass is 439 g/mol. The van der Waals surface area contributed by atoms with Gasteiger partial charge in [-0.05, 0) is 63.6 Å². The lowest BCUT2D eigenvalue weighted by Gasteiger charge is -2.28. The van der Waals surface area contributed by atoms with Crippen molar-refractivity contribution in [1.82, 2.24) is 15.0 Å². The van der Waals surface area contributed by atoms with Gasteiger partial charge >= 0.3 is 0 Å². The molecule has 0 saturated carbocycles. The second-order valence-electron chi connectivity index (χ2n) is 7.72. The molecule has 1 amide bonds. The van der Waals surface area contributed by atoms with Crippen molar-refractivity contribution in [3.8, 4) is 28.6 Å². The summed E-state index contributed by atoms with van der Waals surface area (Å²) in [5.41, 5.74) is 1.78. The van der Waals surface area contributed by atoms with Crippen molar-refractivity contribution < 1.29 is 23.5 Å². The number of ether oxygens (including phenoxy) is 3. The zero-order valence-electron chi connectivity index (χ0n) is 19.3. The van der Waals surface area contributed by atoms with Gasteiger partial charge in [0.1, 0.15) is 12.3 Å². The van der Waals surface area contributed by atoms with E-state index in [1.54, 1.807) is 38.2 Å². The van der Waals surface area contributed by atoms with Crippen LogP contribution in [0.4, 0.5) is 0 Å². The molecule has 3 rings (SSSR count). The van der Waals surface area contributed by atoms with E-state index in [1.165, 1.54) is 0 Å². The summed E-state index contributed by atoms with van der Waals surface area (Å²) in [4.78, 5) is 19.2. The number of benzene rings is 2. The van der Waals surface area contributed by atoms with E-state index in [-0.39, 0.29) is 18.5 Å². The van der Waals surface area contributed by atoms with Crippen LogP contribution in [0.15, 0.2) is 47.0 Å². The van der Waals surface area contributed by atoms with Crippen LogP contribution >= 0.6 is 0 Å². The maximum atomic E-state index is 13.1. The average Bonchev–Trinajstić information content (AvgIpc) is 3.25. The molecule has 1 atom stereocenters. The van der Waals surface area contributed by atoms with Crippen LogP contribution in [0.3, 0.4) is 0 Å². The SMILES string of the molecule is COc1ccc(-c2noc(CN(C(=O)[C@@H](C)Oc3cccc(C)c3)C(C)C)n2)cc1OC. The first kappa shape index (κ1) is 23.1. The number of hydrogen-bond donors (Lipinski definition) is 0. The van der Waals surface area contributed by atoms with E-state index in [4.69, 9.17) is 18.7 Å². The summed E-state index contributed by atoms with van der Waals surface area (Å²) in [6.07, 6.45) is -0.660. The minimum Gasteiger partial charge on any atom is -0.493 e. The third-order valence-electron chi connectivity index (χ3n) is 4.97. The van der Waals surface area contributed by atoms with Crippen LogP contribution in [0.1, 0.15) is 32.2 Å². The summed E-state index contributed by atoms with van der Waals surface area (Å²) >= 11 is 0. The molecule has 0 N–H and O–H groups in total.